The lowest BCUT2D eigenvalue weighted by Crippen LogP contribution is -2.34. The molecule has 0 spiro atoms. The Morgan fingerprint density at radius 3 is 2.86 bits per heavy atom. The molecule has 22 heavy (non-hydrogen) atoms. The number of hydrogen-bond donors (Lipinski definition) is 2. The number of ether oxygens (including phenoxy) is 1. The summed E-state index contributed by atoms with van der Waals surface area (Å²) in [5.41, 5.74) is 3.11. The summed E-state index contributed by atoms with van der Waals surface area (Å²) in [6.07, 6.45) is 2.54. The summed E-state index contributed by atoms with van der Waals surface area (Å²) >= 11 is 6.98. The van der Waals surface area contributed by atoms with Crippen LogP contribution in [0.2, 0.25) is 0 Å². The first kappa shape index (κ1) is 15.4. The predicted molar refractivity (Wildman–Crippen MR) is 95.5 cm³/mol. The lowest BCUT2D eigenvalue weighted by atomic mass is 10.1. The van der Waals surface area contributed by atoms with Crippen LogP contribution >= 0.6 is 23.6 Å². The smallest absolute Gasteiger partial charge is 0.170 e. The highest BCUT2D eigenvalue weighted by atomic mass is 32.1. The quantitative estimate of drug-likeness (QED) is 0.838. The van der Waals surface area contributed by atoms with E-state index in [1.807, 2.05) is 19.1 Å². The molecule has 1 aliphatic heterocycles. The second kappa shape index (κ2) is 7.17. The molecule has 0 bridgehead atoms. The monoisotopic (exact) mass is 333 g/mol. The van der Waals surface area contributed by atoms with E-state index in [0.717, 1.165) is 47.9 Å². The highest BCUT2D eigenvalue weighted by Gasteiger charge is 2.15. The molecule has 4 nitrogen and oxygen atoms in total. The van der Waals surface area contributed by atoms with Gasteiger partial charge in [-0.25, -0.2) is 4.98 Å². The van der Waals surface area contributed by atoms with Gasteiger partial charge in [0.2, 0.25) is 0 Å². The van der Waals surface area contributed by atoms with Crippen molar-refractivity contribution in [3.05, 3.63) is 34.7 Å². The molecule has 2 heterocycles. The van der Waals surface area contributed by atoms with Crippen LogP contribution < -0.4 is 10.6 Å². The van der Waals surface area contributed by atoms with Crippen LogP contribution in [0.3, 0.4) is 0 Å². The Balaban J connectivity index is 1.53. The Morgan fingerprint density at radius 1 is 1.41 bits per heavy atom. The molecule has 3 rings (SSSR count). The zero-order valence-electron chi connectivity index (χ0n) is 12.5. The van der Waals surface area contributed by atoms with Crippen molar-refractivity contribution in [2.75, 3.05) is 18.5 Å². The van der Waals surface area contributed by atoms with Crippen molar-refractivity contribution in [1.82, 2.24) is 10.3 Å². The lowest BCUT2D eigenvalue weighted by Gasteiger charge is -2.14. The third-order valence-corrected chi connectivity index (χ3v) is 4.59. The normalized spacial score (nSPS) is 17.4. The SMILES string of the molecule is Cc1nc(-c2ccc(NC(=S)NC[C@H]3CCCO3)cc2)cs1. The topological polar surface area (TPSA) is 46.2 Å². The summed E-state index contributed by atoms with van der Waals surface area (Å²) < 4.78 is 5.56. The van der Waals surface area contributed by atoms with Gasteiger partial charge in [-0.15, -0.1) is 11.3 Å². The molecule has 1 aliphatic rings. The molecule has 2 N–H and O–H groups in total. The summed E-state index contributed by atoms with van der Waals surface area (Å²) in [5.74, 6) is 0. The van der Waals surface area contributed by atoms with E-state index in [1.165, 1.54) is 0 Å². The van der Waals surface area contributed by atoms with Crippen molar-refractivity contribution in [2.24, 2.45) is 0 Å². The molecule has 0 amide bonds. The van der Waals surface area contributed by atoms with E-state index in [-0.39, 0.29) is 6.10 Å². The molecule has 1 atom stereocenters. The maximum Gasteiger partial charge on any atom is 0.170 e. The lowest BCUT2D eigenvalue weighted by molar-refractivity contribution is 0.114. The van der Waals surface area contributed by atoms with Crippen LogP contribution in [0.4, 0.5) is 5.69 Å². The molecule has 2 aromatic rings. The third kappa shape index (κ3) is 4.03. The maximum absolute atomic E-state index is 5.56. The number of nitrogens with zero attached hydrogens (tertiary/aromatic N) is 1. The Morgan fingerprint density at radius 2 is 2.23 bits per heavy atom. The number of nitrogens with one attached hydrogen (secondary N) is 2. The minimum absolute atomic E-state index is 0.287. The van der Waals surface area contributed by atoms with Gasteiger partial charge in [-0.1, -0.05) is 12.1 Å². The minimum atomic E-state index is 0.287. The molecule has 6 heteroatoms. The number of benzene rings is 1. The van der Waals surface area contributed by atoms with Gasteiger partial charge < -0.3 is 15.4 Å². The molecule has 0 unspecified atom stereocenters. The Hall–Kier alpha value is -1.50. The number of hydrogen-bond acceptors (Lipinski definition) is 4. The number of aryl methyl sites for hydroxylation is 1. The van der Waals surface area contributed by atoms with Gasteiger partial charge >= 0.3 is 0 Å². The fourth-order valence-corrected chi connectivity index (χ4v) is 3.23. The van der Waals surface area contributed by atoms with Gasteiger partial charge in [0.05, 0.1) is 16.8 Å². The Kier molecular flexibility index (Phi) is 5.02. The van der Waals surface area contributed by atoms with Crippen molar-refractivity contribution < 1.29 is 4.74 Å². The average Bonchev–Trinajstić information content (AvgIpc) is 3.17. The summed E-state index contributed by atoms with van der Waals surface area (Å²) in [4.78, 5) is 4.49. The van der Waals surface area contributed by atoms with Crippen LogP contribution in [0.1, 0.15) is 17.8 Å². The first-order valence-electron chi connectivity index (χ1n) is 7.40. The zero-order chi connectivity index (χ0) is 15.4. The van der Waals surface area contributed by atoms with Gasteiger partial charge in [-0.2, -0.15) is 0 Å². The zero-order valence-corrected chi connectivity index (χ0v) is 14.1. The molecule has 1 saturated heterocycles. The molecule has 0 radical (unpaired) electrons. The van der Waals surface area contributed by atoms with Gasteiger partial charge in [0, 0.05) is 29.8 Å². The first-order chi connectivity index (χ1) is 10.7. The number of thiazole rings is 1. The van der Waals surface area contributed by atoms with Gasteiger partial charge in [0.1, 0.15) is 0 Å². The van der Waals surface area contributed by atoms with E-state index in [0.29, 0.717) is 5.11 Å². The molecule has 116 valence electrons. The maximum atomic E-state index is 5.56. The van der Waals surface area contributed by atoms with E-state index in [9.17, 15) is 0 Å². The van der Waals surface area contributed by atoms with Crippen molar-refractivity contribution >= 4 is 34.4 Å². The highest BCUT2D eigenvalue weighted by Crippen LogP contribution is 2.23. The second-order valence-corrected chi connectivity index (χ2v) is 6.77. The molecular weight excluding hydrogens is 314 g/mol. The van der Waals surface area contributed by atoms with Crippen LogP contribution in [0, 0.1) is 6.92 Å². The Bertz CT molecular complexity index is 633. The fraction of sp³-hybridized carbons (Fsp3) is 0.375. The van der Waals surface area contributed by atoms with E-state index in [2.05, 4.69) is 33.1 Å². The molecule has 1 aromatic heterocycles. The number of rotatable bonds is 4. The fourth-order valence-electron chi connectivity index (χ4n) is 2.41. The summed E-state index contributed by atoms with van der Waals surface area (Å²) in [5, 5.41) is 10.2. The van der Waals surface area contributed by atoms with Crippen LogP contribution in [0.25, 0.3) is 11.3 Å². The molecular formula is C16H19N3OS2. The number of anilines is 1. The van der Waals surface area contributed by atoms with Crippen LogP contribution in [-0.2, 0) is 4.74 Å². The van der Waals surface area contributed by atoms with Gasteiger partial charge in [-0.05, 0) is 44.1 Å². The van der Waals surface area contributed by atoms with Crippen LogP contribution in [0.5, 0.6) is 0 Å². The average molecular weight is 333 g/mol. The molecule has 0 aliphatic carbocycles. The van der Waals surface area contributed by atoms with Crippen molar-refractivity contribution in [2.45, 2.75) is 25.9 Å². The van der Waals surface area contributed by atoms with E-state index in [1.54, 1.807) is 11.3 Å². The van der Waals surface area contributed by atoms with Gasteiger partial charge in [-0.3, -0.25) is 0 Å². The third-order valence-electron chi connectivity index (χ3n) is 3.57. The van der Waals surface area contributed by atoms with Crippen LogP contribution in [-0.4, -0.2) is 29.4 Å². The first-order valence-corrected chi connectivity index (χ1v) is 8.68. The van der Waals surface area contributed by atoms with E-state index in [4.69, 9.17) is 17.0 Å². The number of thiocarbonyl (C=S) groups is 1. The molecule has 1 aromatic carbocycles. The van der Waals surface area contributed by atoms with E-state index >= 15 is 0 Å². The Labute approximate surface area is 139 Å². The molecule has 1 fully saturated rings. The predicted octanol–water partition coefficient (Wildman–Crippen LogP) is 3.58. The second-order valence-electron chi connectivity index (χ2n) is 5.30. The highest BCUT2D eigenvalue weighted by molar-refractivity contribution is 7.80. The molecule has 0 saturated carbocycles. The number of aromatic nitrogens is 1. The van der Waals surface area contributed by atoms with Crippen LogP contribution in [0.15, 0.2) is 29.6 Å². The van der Waals surface area contributed by atoms with Gasteiger partial charge in [0.25, 0.3) is 0 Å². The summed E-state index contributed by atoms with van der Waals surface area (Å²) in [6.45, 7) is 3.65. The van der Waals surface area contributed by atoms with Crippen molar-refractivity contribution in [3.8, 4) is 11.3 Å². The van der Waals surface area contributed by atoms with Crippen molar-refractivity contribution in [1.29, 1.82) is 0 Å². The van der Waals surface area contributed by atoms with E-state index < -0.39 is 0 Å². The summed E-state index contributed by atoms with van der Waals surface area (Å²) in [7, 11) is 0. The summed E-state index contributed by atoms with van der Waals surface area (Å²) in [6, 6.07) is 8.15. The minimum Gasteiger partial charge on any atom is -0.376 e. The standard InChI is InChI=1S/C16H19N3OS2/c1-11-18-15(10-22-11)12-4-6-13(7-5-12)19-16(21)17-9-14-3-2-8-20-14/h4-7,10,14H,2-3,8-9H2,1H3,(H2,17,19,21)/t14-/m1/s1. The largest absolute Gasteiger partial charge is 0.376 e. The van der Waals surface area contributed by atoms with Crippen molar-refractivity contribution in [3.63, 3.8) is 0 Å². The van der Waals surface area contributed by atoms with Gasteiger partial charge in [0.15, 0.2) is 5.11 Å².